The monoisotopic (exact) mass is 204 g/mol. The third-order valence-electron chi connectivity index (χ3n) is 1.48. The standard InChI is InChI=1S/C8H6ClFO3/c1-4-5(9)2-3-6(7(4)10)13-8(11)12/h2-3H,1H3,(H,11,12). The molecule has 0 aliphatic carbocycles. The van der Waals surface area contributed by atoms with Crippen LogP contribution in [0.4, 0.5) is 9.18 Å². The van der Waals surface area contributed by atoms with Crippen LogP contribution in [0.2, 0.25) is 5.02 Å². The molecule has 0 atom stereocenters. The molecular weight excluding hydrogens is 199 g/mol. The van der Waals surface area contributed by atoms with Gasteiger partial charge in [-0.25, -0.2) is 9.18 Å². The Morgan fingerprint density at radius 1 is 1.62 bits per heavy atom. The van der Waals surface area contributed by atoms with E-state index < -0.39 is 12.0 Å². The van der Waals surface area contributed by atoms with Gasteiger partial charge in [-0.3, -0.25) is 0 Å². The molecular formula is C8H6ClFO3. The van der Waals surface area contributed by atoms with Gasteiger partial charge in [0.1, 0.15) is 0 Å². The van der Waals surface area contributed by atoms with E-state index in [9.17, 15) is 9.18 Å². The highest BCUT2D eigenvalue weighted by atomic mass is 35.5. The zero-order valence-electron chi connectivity index (χ0n) is 6.67. The average molecular weight is 205 g/mol. The van der Waals surface area contributed by atoms with Gasteiger partial charge >= 0.3 is 6.16 Å². The number of rotatable bonds is 1. The molecule has 1 rings (SSSR count). The van der Waals surface area contributed by atoms with Crippen LogP contribution in [-0.4, -0.2) is 11.3 Å². The summed E-state index contributed by atoms with van der Waals surface area (Å²) in [5, 5.41) is 8.46. The second-order valence-electron chi connectivity index (χ2n) is 2.35. The van der Waals surface area contributed by atoms with Gasteiger partial charge in [-0.05, 0) is 19.1 Å². The molecule has 3 nitrogen and oxygen atoms in total. The fourth-order valence-electron chi connectivity index (χ4n) is 0.810. The molecule has 0 saturated carbocycles. The minimum atomic E-state index is -1.55. The van der Waals surface area contributed by atoms with E-state index in [4.69, 9.17) is 16.7 Å². The van der Waals surface area contributed by atoms with Crippen molar-refractivity contribution in [2.24, 2.45) is 0 Å². The Kier molecular flexibility index (Phi) is 2.72. The molecule has 0 bridgehead atoms. The first-order valence-corrected chi connectivity index (χ1v) is 3.75. The third kappa shape index (κ3) is 2.09. The molecule has 1 aromatic rings. The first kappa shape index (κ1) is 9.80. The van der Waals surface area contributed by atoms with Crippen molar-refractivity contribution in [1.82, 2.24) is 0 Å². The molecule has 1 aromatic carbocycles. The largest absolute Gasteiger partial charge is 0.511 e. The van der Waals surface area contributed by atoms with Crippen LogP contribution in [0.3, 0.4) is 0 Å². The quantitative estimate of drug-likeness (QED) is 0.565. The molecule has 0 aliphatic heterocycles. The number of hydrogen-bond acceptors (Lipinski definition) is 2. The van der Waals surface area contributed by atoms with Crippen LogP contribution in [0, 0.1) is 12.7 Å². The Bertz CT molecular complexity index is 351. The van der Waals surface area contributed by atoms with E-state index >= 15 is 0 Å². The fraction of sp³-hybridized carbons (Fsp3) is 0.125. The van der Waals surface area contributed by atoms with Crippen LogP contribution in [0.25, 0.3) is 0 Å². The van der Waals surface area contributed by atoms with Gasteiger partial charge in [0.25, 0.3) is 0 Å². The summed E-state index contributed by atoms with van der Waals surface area (Å²) in [5.41, 5.74) is 0.167. The zero-order chi connectivity index (χ0) is 10.0. The lowest BCUT2D eigenvalue weighted by Crippen LogP contribution is -2.05. The van der Waals surface area contributed by atoms with Crippen molar-refractivity contribution in [3.8, 4) is 5.75 Å². The lowest BCUT2D eigenvalue weighted by Gasteiger charge is -2.04. The summed E-state index contributed by atoms with van der Waals surface area (Å²) in [6, 6.07) is 2.54. The van der Waals surface area contributed by atoms with Gasteiger partial charge < -0.3 is 9.84 Å². The van der Waals surface area contributed by atoms with Crippen LogP contribution in [0.1, 0.15) is 5.56 Å². The number of hydrogen-bond donors (Lipinski definition) is 1. The Hall–Kier alpha value is -1.29. The minimum absolute atomic E-state index is 0.167. The van der Waals surface area contributed by atoms with Gasteiger partial charge in [-0.15, -0.1) is 0 Å². The maximum absolute atomic E-state index is 13.2. The molecule has 1 N–H and O–H groups in total. The van der Waals surface area contributed by atoms with Gasteiger partial charge in [0.05, 0.1) is 0 Å². The van der Waals surface area contributed by atoms with Crippen molar-refractivity contribution in [3.05, 3.63) is 28.5 Å². The van der Waals surface area contributed by atoms with Gasteiger partial charge in [-0.1, -0.05) is 11.6 Å². The molecule has 0 aliphatic rings. The van der Waals surface area contributed by atoms with Crippen molar-refractivity contribution >= 4 is 17.8 Å². The first-order chi connectivity index (χ1) is 6.02. The molecule has 0 spiro atoms. The highest BCUT2D eigenvalue weighted by molar-refractivity contribution is 6.31. The van der Waals surface area contributed by atoms with Gasteiger partial charge in [-0.2, -0.15) is 0 Å². The zero-order valence-corrected chi connectivity index (χ0v) is 7.43. The van der Waals surface area contributed by atoms with Crippen LogP contribution in [-0.2, 0) is 0 Å². The predicted molar refractivity (Wildman–Crippen MR) is 44.8 cm³/mol. The number of carboxylic acid groups (broad SMARTS) is 1. The summed E-state index contributed by atoms with van der Waals surface area (Å²) in [5.74, 6) is -1.09. The Morgan fingerprint density at radius 2 is 2.23 bits per heavy atom. The lowest BCUT2D eigenvalue weighted by molar-refractivity contribution is 0.142. The highest BCUT2D eigenvalue weighted by Gasteiger charge is 2.12. The fourth-order valence-corrected chi connectivity index (χ4v) is 0.955. The van der Waals surface area contributed by atoms with Crippen molar-refractivity contribution in [2.75, 3.05) is 0 Å². The summed E-state index contributed by atoms with van der Waals surface area (Å²) >= 11 is 5.58. The van der Waals surface area contributed by atoms with Crippen molar-refractivity contribution in [3.63, 3.8) is 0 Å². The normalized spacial score (nSPS) is 9.77. The highest BCUT2D eigenvalue weighted by Crippen LogP contribution is 2.26. The van der Waals surface area contributed by atoms with Crippen molar-refractivity contribution < 1.29 is 19.0 Å². The molecule has 13 heavy (non-hydrogen) atoms. The van der Waals surface area contributed by atoms with Gasteiger partial charge in [0, 0.05) is 10.6 Å². The molecule has 0 radical (unpaired) electrons. The van der Waals surface area contributed by atoms with E-state index in [0.717, 1.165) is 0 Å². The van der Waals surface area contributed by atoms with Crippen molar-refractivity contribution in [2.45, 2.75) is 6.92 Å². The molecule has 0 aromatic heterocycles. The maximum atomic E-state index is 13.2. The third-order valence-corrected chi connectivity index (χ3v) is 1.89. The van der Waals surface area contributed by atoms with E-state index in [2.05, 4.69) is 4.74 Å². The number of carbonyl (C=O) groups is 1. The number of ether oxygens (including phenoxy) is 1. The predicted octanol–water partition coefficient (Wildman–Crippen LogP) is 2.84. The SMILES string of the molecule is Cc1c(Cl)ccc(OC(=O)O)c1F. The smallest absolute Gasteiger partial charge is 0.449 e. The van der Waals surface area contributed by atoms with Gasteiger partial charge in [0.2, 0.25) is 0 Å². The summed E-state index contributed by atoms with van der Waals surface area (Å²) in [4.78, 5) is 10.1. The number of benzene rings is 1. The summed E-state index contributed by atoms with van der Waals surface area (Å²) in [6.07, 6.45) is -1.55. The minimum Gasteiger partial charge on any atom is -0.449 e. The summed E-state index contributed by atoms with van der Waals surface area (Å²) < 4.78 is 17.3. The van der Waals surface area contributed by atoms with E-state index in [1.807, 2.05) is 0 Å². The molecule has 0 saturated heterocycles. The average Bonchev–Trinajstić information content (AvgIpc) is 2.06. The van der Waals surface area contributed by atoms with E-state index in [-0.39, 0.29) is 16.3 Å². The Balaban J connectivity index is 3.10. The van der Waals surface area contributed by atoms with Crippen molar-refractivity contribution in [1.29, 1.82) is 0 Å². The van der Waals surface area contributed by atoms with E-state index in [1.165, 1.54) is 19.1 Å². The topological polar surface area (TPSA) is 46.5 Å². The van der Waals surface area contributed by atoms with Crippen LogP contribution >= 0.6 is 11.6 Å². The maximum Gasteiger partial charge on any atom is 0.511 e. The lowest BCUT2D eigenvalue weighted by atomic mass is 10.2. The summed E-state index contributed by atoms with van der Waals surface area (Å²) in [6.45, 7) is 1.44. The molecule has 0 amide bonds. The summed E-state index contributed by atoms with van der Waals surface area (Å²) in [7, 11) is 0. The number of halogens is 2. The Morgan fingerprint density at radius 3 is 2.77 bits per heavy atom. The molecule has 0 fully saturated rings. The second-order valence-corrected chi connectivity index (χ2v) is 2.76. The molecule has 0 heterocycles. The Labute approximate surface area is 78.7 Å². The van der Waals surface area contributed by atoms with Crippen LogP contribution < -0.4 is 4.74 Å². The van der Waals surface area contributed by atoms with Crippen LogP contribution in [0.15, 0.2) is 12.1 Å². The molecule has 5 heteroatoms. The van der Waals surface area contributed by atoms with Gasteiger partial charge in [0.15, 0.2) is 11.6 Å². The first-order valence-electron chi connectivity index (χ1n) is 3.37. The van der Waals surface area contributed by atoms with E-state index in [1.54, 1.807) is 0 Å². The van der Waals surface area contributed by atoms with Crippen LogP contribution in [0.5, 0.6) is 5.75 Å². The second kappa shape index (κ2) is 3.62. The molecule has 70 valence electrons. The van der Waals surface area contributed by atoms with E-state index in [0.29, 0.717) is 0 Å². The molecule has 0 unspecified atom stereocenters.